The minimum absolute atomic E-state index is 0.266. The molecule has 5 heteroatoms. The molecule has 0 saturated carbocycles. The first-order valence-corrected chi connectivity index (χ1v) is 6.78. The molecule has 0 unspecified atom stereocenters. The largest absolute Gasteiger partial charge is 0.508 e. The summed E-state index contributed by atoms with van der Waals surface area (Å²) in [6.45, 7) is 3.98. The van der Waals surface area contributed by atoms with E-state index in [9.17, 15) is 5.11 Å². The second-order valence-corrected chi connectivity index (χ2v) is 5.08. The summed E-state index contributed by atoms with van der Waals surface area (Å²) < 4.78 is 0. The first-order valence-electron chi connectivity index (χ1n) is 6.78. The maximum Gasteiger partial charge on any atom is 0.225 e. The van der Waals surface area contributed by atoms with E-state index in [1.165, 1.54) is 0 Å². The van der Waals surface area contributed by atoms with Crippen molar-refractivity contribution in [2.45, 2.75) is 0 Å². The van der Waals surface area contributed by atoms with Crippen molar-refractivity contribution in [3.05, 3.63) is 36.5 Å². The van der Waals surface area contributed by atoms with Crippen LogP contribution >= 0.6 is 0 Å². The molecular weight excluding hydrogens is 252 g/mol. The third kappa shape index (κ3) is 2.72. The minimum Gasteiger partial charge on any atom is -0.508 e. The Balaban J connectivity index is 1.84. The van der Waals surface area contributed by atoms with Crippen LogP contribution in [-0.2, 0) is 0 Å². The van der Waals surface area contributed by atoms with E-state index in [0.29, 0.717) is 0 Å². The van der Waals surface area contributed by atoms with E-state index >= 15 is 0 Å². The van der Waals surface area contributed by atoms with Gasteiger partial charge in [0, 0.05) is 37.9 Å². The van der Waals surface area contributed by atoms with E-state index in [4.69, 9.17) is 0 Å². The molecule has 1 aliphatic heterocycles. The molecule has 5 nitrogen and oxygen atoms in total. The predicted octanol–water partition coefficient (Wildman–Crippen LogP) is 1.60. The number of likely N-dealkylation sites (N-methyl/N-ethyl adjacent to an activating group) is 1. The van der Waals surface area contributed by atoms with Gasteiger partial charge < -0.3 is 14.9 Å². The Morgan fingerprint density at radius 2 is 1.70 bits per heavy atom. The Bertz CT molecular complexity index is 577. The van der Waals surface area contributed by atoms with Gasteiger partial charge in [0.25, 0.3) is 0 Å². The number of phenols is 1. The summed E-state index contributed by atoms with van der Waals surface area (Å²) in [6, 6.07) is 8.97. The molecule has 0 spiro atoms. The van der Waals surface area contributed by atoms with Gasteiger partial charge in [-0.3, -0.25) is 0 Å². The van der Waals surface area contributed by atoms with Gasteiger partial charge in [-0.25, -0.2) is 9.97 Å². The fourth-order valence-electron chi connectivity index (χ4n) is 2.30. The maximum atomic E-state index is 9.34. The number of nitrogens with zero attached hydrogens (tertiary/aromatic N) is 4. The fourth-order valence-corrected chi connectivity index (χ4v) is 2.30. The number of aromatic nitrogens is 2. The van der Waals surface area contributed by atoms with Gasteiger partial charge in [0.1, 0.15) is 5.75 Å². The Kier molecular flexibility index (Phi) is 3.52. The number of benzene rings is 1. The minimum atomic E-state index is 0.266. The molecule has 1 saturated heterocycles. The van der Waals surface area contributed by atoms with Crippen molar-refractivity contribution < 1.29 is 5.11 Å². The third-order valence-electron chi connectivity index (χ3n) is 3.59. The van der Waals surface area contributed by atoms with E-state index in [-0.39, 0.29) is 5.75 Å². The summed E-state index contributed by atoms with van der Waals surface area (Å²) in [5.41, 5.74) is 1.87. The zero-order chi connectivity index (χ0) is 13.9. The lowest BCUT2D eigenvalue weighted by Crippen LogP contribution is -2.45. The van der Waals surface area contributed by atoms with Crippen LogP contribution in [0.15, 0.2) is 36.5 Å². The molecular formula is C15H18N4O. The van der Waals surface area contributed by atoms with Gasteiger partial charge in [0.05, 0.1) is 5.69 Å². The highest BCUT2D eigenvalue weighted by molar-refractivity contribution is 5.61. The molecule has 0 bridgehead atoms. The van der Waals surface area contributed by atoms with Crippen molar-refractivity contribution in [2.24, 2.45) is 0 Å². The monoisotopic (exact) mass is 270 g/mol. The molecule has 0 radical (unpaired) electrons. The lowest BCUT2D eigenvalue weighted by molar-refractivity contribution is 0.311. The van der Waals surface area contributed by atoms with Crippen LogP contribution in [-0.4, -0.2) is 53.2 Å². The second-order valence-electron chi connectivity index (χ2n) is 5.08. The van der Waals surface area contributed by atoms with Crippen molar-refractivity contribution in [3.63, 3.8) is 0 Å². The molecule has 20 heavy (non-hydrogen) atoms. The Hall–Kier alpha value is -2.14. The topological polar surface area (TPSA) is 52.5 Å². The highest BCUT2D eigenvalue weighted by Crippen LogP contribution is 2.21. The van der Waals surface area contributed by atoms with Gasteiger partial charge in [-0.2, -0.15) is 0 Å². The van der Waals surface area contributed by atoms with Crippen LogP contribution < -0.4 is 4.90 Å². The number of phenolic OH excluding ortho intramolecular Hbond substituents is 1. The van der Waals surface area contributed by atoms with Crippen LogP contribution in [0.5, 0.6) is 5.75 Å². The van der Waals surface area contributed by atoms with Crippen molar-refractivity contribution in [1.29, 1.82) is 0 Å². The molecule has 2 aromatic rings. The summed E-state index contributed by atoms with van der Waals surface area (Å²) in [5.74, 6) is 1.05. The van der Waals surface area contributed by atoms with Crippen molar-refractivity contribution in [2.75, 3.05) is 38.1 Å². The molecule has 0 amide bonds. The highest BCUT2D eigenvalue weighted by Gasteiger charge is 2.16. The Morgan fingerprint density at radius 3 is 2.40 bits per heavy atom. The zero-order valence-corrected chi connectivity index (χ0v) is 11.5. The standard InChI is InChI=1S/C15H18N4O/c1-18-8-10-19(11-9-18)15-16-7-6-14(17-15)12-2-4-13(20)5-3-12/h2-7,20H,8-11H2,1H3. The van der Waals surface area contributed by atoms with E-state index < -0.39 is 0 Å². The molecule has 1 N–H and O–H groups in total. The van der Waals surface area contributed by atoms with Crippen molar-refractivity contribution >= 4 is 5.95 Å². The molecule has 0 atom stereocenters. The van der Waals surface area contributed by atoms with Crippen LogP contribution in [0, 0.1) is 0 Å². The normalized spacial score (nSPS) is 16.4. The number of rotatable bonds is 2. The quantitative estimate of drug-likeness (QED) is 0.898. The zero-order valence-electron chi connectivity index (χ0n) is 11.5. The Labute approximate surface area is 118 Å². The van der Waals surface area contributed by atoms with Gasteiger partial charge in [0.15, 0.2) is 0 Å². The molecule has 1 aliphatic rings. The van der Waals surface area contributed by atoms with Crippen LogP contribution in [0.1, 0.15) is 0 Å². The summed E-state index contributed by atoms with van der Waals surface area (Å²) in [5, 5.41) is 9.34. The lowest BCUT2D eigenvalue weighted by atomic mass is 10.1. The van der Waals surface area contributed by atoms with Crippen molar-refractivity contribution in [1.82, 2.24) is 14.9 Å². The average molecular weight is 270 g/mol. The predicted molar refractivity (Wildman–Crippen MR) is 78.8 cm³/mol. The van der Waals surface area contributed by atoms with Gasteiger partial charge in [-0.1, -0.05) is 0 Å². The Morgan fingerprint density at radius 1 is 1.00 bits per heavy atom. The molecule has 104 valence electrons. The number of piperazine rings is 1. The molecule has 1 fully saturated rings. The fraction of sp³-hybridized carbons (Fsp3) is 0.333. The maximum absolute atomic E-state index is 9.34. The third-order valence-corrected chi connectivity index (χ3v) is 3.59. The molecule has 1 aromatic heterocycles. The van der Waals surface area contributed by atoms with Crippen LogP contribution in [0.3, 0.4) is 0 Å². The highest BCUT2D eigenvalue weighted by atomic mass is 16.3. The first-order chi connectivity index (χ1) is 9.72. The smallest absolute Gasteiger partial charge is 0.225 e. The number of hydrogen-bond donors (Lipinski definition) is 1. The number of anilines is 1. The summed E-state index contributed by atoms with van der Waals surface area (Å²) >= 11 is 0. The van der Waals surface area contributed by atoms with Crippen LogP contribution in [0.4, 0.5) is 5.95 Å². The number of hydrogen-bond acceptors (Lipinski definition) is 5. The second kappa shape index (κ2) is 5.46. The first kappa shape index (κ1) is 12.9. The lowest BCUT2D eigenvalue weighted by Gasteiger charge is -2.32. The van der Waals surface area contributed by atoms with Crippen LogP contribution in [0.2, 0.25) is 0 Å². The van der Waals surface area contributed by atoms with Gasteiger partial charge in [0.2, 0.25) is 5.95 Å². The summed E-state index contributed by atoms with van der Waals surface area (Å²) in [4.78, 5) is 13.5. The van der Waals surface area contributed by atoms with E-state index in [1.807, 2.05) is 18.2 Å². The van der Waals surface area contributed by atoms with Crippen LogP contribution in [0.25, 0.3) is 11.3 Å². The summed E-state index contributed by atoms with van der Waals surface area (Å²) in [7, 11) is 2.13. The van der Waals surface area contributed by atoms with E-state index in [1.54, 1.807) is 18.3 Å². The van der Waals surface area contributed by atoms with E-state index in [0.717, 1.165) is 43.4 Å². The molecule has 0 aliphatic carbocycles. The van der Waals surface area contributed by atoms with Gasteiger partial charge >= 0.3 is 0 Å². The van der Waals surface area contributed by atoms with Gasteiger partial charge in [-0.15, -0.1) is 0 Å². The molecule has 2 heterocycles. The molecule has 1 aromatic carbocycles. The number of aromatic hydroxyl groups is 1. The van der Waals surface area contributed by atoms with Crippen molar-refractivity contribution in [3.8, 4) is 17.0 Å². The summed E-state index contributed by atoms with van der Waals surface area (Å²) in [6.07, 6.45) is 1.79. The average Bonchev–Trinajstić information content (AvgIpc) is 2.49. The van der Waals surface area contributed by atoms with Gasteiger partial charge in [-0.05, 0) is 37.4 Å². The SMILES string of the molecule is CN1CCN(c2nccc(-c3ccc(O)cc3)n2)CC1. The molecule has 3 rings (SSSR count). The van der Waals surface area contributed by atoms with E-state index in [2.05, 4.69) is 26.8 Å².